The summed E-state index contributed by atoms with van der Waals surface area (Å²) in [6.07, 6.45) is 0. The maximum absolute atomic E-state index is 13.0. The van der Waals surface area contributed by atoms with Gasteiger partial charge in [-0.1, -0.05) is 48.5 Å². The Balaban J connectivity index is 2.00. The summed E-state index contributed by atoms with van der Waals surface area (Å²) in [5.74, 6) is 1.15. The molecule has 5 heteroatoms. The fraction of sp³-hybridized carbons (Fsp3) is 0.174. The fourth-order valence-corrected chi connectivity index (χ4v) is 2.84. The summed E-state index contributed by atoms with van der Waals surface area (Å²) in [5.41, 5.74) is 1.86. The average molecular weight is 378 g/mol. The van der Waals surface area contributed by atoms with Crippen LogP contribution in [0.1, 0.15) is 21.5 Å². The highest BCUT2D eigenvalue weighted by atomic mass is 16.5. The zero-order valence-corrected chi connectivity index (χ0v) is 16.1. The molecule has 0 atom stereocenters. The largest absolute Gasteiger partial charge is 0.496 e. The van der Waals surface area contributed by atoms with Gasteiger partial charge in [-0.2, -0.15) is 0 Å². The molecule has 0 saturated carbocycles. The highest BCUT2D eigenvalue weighted by Gasteiger charge is 2.25. The van der Waals surface area contributed by atoms with Gasteiger partial charge in [0.2, 0.25) is 0 Å². The molecule has 0 unspecified atom stereocenters. The van der Waals surface area contributed by atoms with Gasteiger partial charge < -0.3 is 18.9 Å². The van der Waals surface area contributed by atoms with Crippen LogP contribution in [0.5, 0.6) is 23.0 Å². The van der Waals surface area contributed by atoms with Gasteiger partial charge in [-0.15, -0.1) is 0 Å². The lowest BCUT2D eigenvalue weighted by Crippen LogP contribution is -2.14. The van der Waals surface area contributed by atoms with E-state index < -0.39 is 5.97 Å². The molecular weight excluding hydrogens is 356 g/mol. The molecule has 0 aliphatic rings. The Labute approximate surface area is 164 Å². The van der Waals surface area contributed by atoms with Crippen molar-refractivity contribution in [2.75, 3.05) is 14.2 Å². The first-order valence-electron chi connectivity index (χ1n) is 8.83. The molecule has 0 bridgehead atoms. The molecule has 3 aromatic rings. The van der Waals surface area contributed by atoms with Crippen molar-refractivity contribution in [1.82, 2.24) is 0 Å². The van der Waals surface area contributed by atoms with Crippen molar-refractivity contribution in [2.24, 2.45) is 0 Å². The zero-order valence-electron chi connectivity index (χ0n) is 16.1. The standard InChI is InChI=1S/C23H22O5/c1-16-19(25-2)14-20(26-3)22(27-15-17-10-6-4-7-11-17)21(16)23(24)28-18-12-8-5-9-13-18/h4-14H,15H2,1-3H3. The quantitative estimate of drug-likeness (QED) is 0.436. The van der Waals surface area contributed by atoms with Crippen molar-refractivity contribution in [3.8, 4) is 23.0 Å². The minimum atomic E-state index is -0.538. The number of ether oxygens (including phenoxy) is 4. The summed E-state index contributed by atoms with van der Waals surface area (Å²) in [6, 6.07) is 20.3. The number of benzene rings is 3. The minimum absolute atomic E-state index is 0.274. The molecule has 0 amide bonds. The Kier molecular flexibility index (Phi) is 6.17. The van der Waals surface area contributed by atoms with Crippen molar-refractivity contribution in [3.05, 3.63) is 83.4 Å². The van der Waals surface area contributed by atoms with E-state index in [9.17, 15) is 4.79 Å². The van der Waals surface area contributed by atoms with E-state index in [0.717, 1.165) is 5.56 Å². The van der Waals surface area contributed by atoms with E-state index in [1.807, 2.05) is 36.4 Å². The summed E-state index contributed by atoms with van der Waals surface area (Å²) in [4.78, 5) is 13.0. The normalized spacial score (nSPS) is 10.2. The molecule has 0 spiro atoms. The average Bonchev–Trinajstić information content (AvgIpc) is 2.73. The number of carbonyl (C=O) groups excluding carboxylic acids is 1. The second-order valence-corrected chi connectivity index (χ2v) is 6.09. The first-order valence-corrected chi connectivity index (χ1v) is 8.83. The molecule has 0 saturated heterocycles. The number of methoxy groups -OCH3 is 2. The monoisotopic (exact) mass is 378 g/mol. The maximum atomic E-state index is 13.0. The third-order valence-corrected chi connectivity index (χ3v) is 4.28. The van der Waals surface area contributed by atoms with E-state index in [-0.39, 0.29) is 12.2 Å². The van der Waals surface area contributed by atoms with Crippen LogP contribution in [-0.4, -0.2) is 20.2 Å². The number of rotatable bonds is 7. The lowest BCUT2D eigenvalue weighted by Gasteiger charge is -2.19. The summed E-state index contributed by atoms with van der Waals surface area (Å²) < 4.78 is 22.4. The Morgan fingerprint density at radius 2 is 1.46 bits per heavy atom. The van der Waals surface area contributed by atoms with E-state index in [0.29, 0.717) is 28.6 Å². The fourth-order valence-electron chi connectivity index (χ4n) is 2.84. The van der Waals surface area contributed by atoms with Crippen molar-refractivity contribution >= 4 is 5.97 Å². The van der Waals surface area contributed by atoms with Gasteiger partial charge in [-0.05, 0) is 24.6 Å². The molecular formula is C23H22O5. The van der Waals surface area contributed by atoms with Crippen LogP contribution in [-0.2, 0) is 6.61 Å². The van der Waals surface area contributed by atoms with Crippen LogP contribution in [0.2, 0.25) is 0 Å². The lowest BCUT2D eigenvalue weighted by molar-refractivity contribution is 0.0727. The first kappa shape index (κ1) is 19.3. The molecule has 0 aromatic heterocycles. The summed E-state index contributed by atoms with van der Waals surface area (Å²) in [6.45, 7) is 2.07. The number of esters is 1. The SMILES string of the molecule is COc1cc(OC)c(OCc2ccccc2)c(C(=O)Oc2ccccc2)c1C. The Bertz CT molecular complexity index is 936. The van der Waals surface area contributed by atoms with Gasteiger partial charge in [0.1, 0.15) is 23.7 Å². The van der Waals surface area contributed by atoms with Crippen LogP contribution in [0, 0.1) is 6.92 Å². The summed E-state index contributed by atoms with van der Waals surface area (Å²) >= 11 is 0. The van der Waals surface area contributed by atoms with Crippen LogP contribution >= 0.6 is 0 Å². The second-order valence-electron chi connectivity index (χ2n) is 6.09. The van der Waals surface area contributed by atoms with Gasteiger partial charge >= 0.3 is 5.97 Å². The molecule has 0 heterocycles. The van der Waals surface area contributed by atoms with Crippen molar-refractivity contribution in [3.63, 3.8) is 0 Å². The predicted octanol–water partition coefficient (Wildman–Crippen LogP) is 4.81. The highest BCUT2D eigenvalue weighted by molar-refractivity contribution is 5.97. The number of carbonyl (C=O) groups is 1. The minimum Gasteiger partial charge on any atom is -0.496 e. The molecule has 0 aliphatic heterocycles. The Hall–Kier alpha value is -3.47. The van der Waals surface area contributed by atoms with Gasteiger partial charge in [-0.25, -0.2) is 4.79 Å². The van der Waals surface area contributed by atoms with E-state index >= 15 is 0 Å². The molecule has 3 rings (SSSR count). The second kappa shape index (κ2) is 8.95. The summed E-state index contributed by atoms with van der Waals surface area (Å²) in [5, 5.41) is 0. The Morgan fingerprint density at radius 3 is 2.07 bits per heavy atom. The van der Waals surface area contributed by atoms with Gasteiger partial charge in [-0.3, -0.25) is 0 Å². The number of hydrogen-bond donors (Lipinski definition) is 0. The van der Waals surface area contributed by atoms with E-state index in [1.54, 1.807) is 44.4 Å². The van der Waals surface area contributed by atoms with Crippen LogP contribution in [0.15, 0.2) is 66.7 Å². The van der Waals surface area contributed by atoms with Gasteiger partial charge in [0.05, 0.1) is 14.2 Å². The molecule has 3 aromatic carbocycles. The smallest absolute Gasteiger partial charge is 0.347 e. The Morgan fingerprint density at radius 1 is 0.857 bits per heavy atom. The molecule has 0 N–H and O–H groups in total. The molecule has 28 heavy (non-hydrogen) atoms. The van der Waals surface area contributed by atoms with Crippen LogP contribution < -0.4 is 18.9 Å². The van der Waals surface area contributed by atoms with Crippen molar-refractivity contribution in [2.45, 2.75) is 13.5 Å². The van der Waals surface area contributed by atoms with Gasteiger partial charge in [0.25, 0.3) is 0 Å². The number of hydrogen-bond acceptors (Lipinski definition) is 5. The maximum Gasteiger partial charge on any atom is 0.347 e. The summed E-state index contributed by atoms with van der Waals surface area (Å²) in [7, 11) is 3.06. The van der Waals surface area contributed by atoms with Crippen LogP contribution in [0.4, 0.5) is 0 Å². The lowest BCUT2D eigenvalue weighted by atomic mass is 10.1. The topological polar surface area (TPSA) is 54.0 Å². The number of para-hydroxylation sites is 1. The molecule has 144 valence electrons. The van der Waals surface area contributed by atoms with Crippen LogP contribution in [0.3, 0.4) is 0 Å². The molecule has 0 aliphatic carbocycles. The molecule has 5 nitrogen and oxygen atoms in total. The highest BCUT2D eigenvalue weighted by Crippen LogP contribution is 2.40. The predicted molar refractivity (Wildman–Crippen MR) is 106 cm³/mol. The third kappa shape index (κ3) is 4.26. The van der Waals surface area contributed by atoms with Gasteiger partial charge in [0, 0.05) is 11.6 Å². The molecule has 0 radical (unpaired) electrons. The van der Waals surface area contributed by atoms with Crippen molar-refractivity contribution < 1.29 is 23.7 Å². The van der Waals surface area contributed by atoms with Crippen LogP contribution in [0.25, 0.3) is 0 Å². The van der Waals surface area contributed by atoms with Crippen molar-refractivity contribution in [1.29, 1.82) is 0 Å². The first-order chi connectivity index (χ1) is 13.6. The van der Waals surface area contributed by atoms with E-state index in [4.69, 9.17) is 18.9 Å². The van der Waals surface area contributed by atoms with E-state index in [1.165, 1.54) is 7.11 Å². The van der Waals surface area contributed by atoms with E-state index in [2.05, 4.69) is 0 Å². The molecule has 0 fully saturated rings. The van der Waals surface area contributed by atoms with Gasteiger partial charge in [0.15, 0.2) is 11.5 Å². The third-order valence-electron chi connectivity index (χ3n) is 4.28. The zero-order chi connectivity index (χ0) is 19.9.